The highest BCUT2D eigenvalue weighted by Crippen LogP contribution is 2.20. The van der Waals surface area contributed by atoms with E-state index in [1.165, 1.54) is 0 Å². The number of methoxy groups -OCH3 is 2. The van der Waals surface area contributed by atoms with Crippen molar-refractivity contribution in [3.63, 3.8) is 0 Å². The Hall–Kier alpha value is -1.92. The van der Waals surface area contributed by atoms with E-state index in [1.807, 2.05) is 36.7 Å². The molecule has 2 aromatic rings. The number of anilines is 1. The number of rotatable bonds is 6. The predicted molar refractivity (Wildman–Crippen MR) is 77.0 cm³/mol. The van der Waals surface area contributed by atoms with Gasteiger partial charge in [0.15, 0.2) is 12.1 Å². The van der Waals surface area contributed by atoms with Gasteiger partial charge < -0.3 is 14.8 Å². The van der Waals surface area contributed by atoms with Crippen molar-refractivity contribution in [3.05, 3.63) is 36.5 Å². The molecular formula is C14H20N4O2. The summed E-state index contributed by atoms with van der Waals surface area (Å²) < 4.78 is 12.5. The van der Waals surface area contributed by atoms with Gasteiger partial charge in [-0.15, -0.1) is 0 Å². The fraction of sp³-hybridized carbons (Fsp3) is 0.429. The summed E-state index contributed by atoms with van der Waals surface area (Å²) in [7, 11) is 3.24. The summed E-state index contributed by atoms with van der Waals surface area (Å²) >= 11 is 0. The molecule has 2 rings (SSSR count). The Bertz CT molecular complexity index is 552. The van der Waals surface area contributed by atoms with Gasteiger partial charge in [0.25, 0.3) is 0 Å². The van der Waals surface area contributed by atoms with Crippen LogP contribution < -0.4 is 5.32 Å². The Balaban J connectivity index is 2.27. The smallest absolute Gasteiger partial charge is 0.176 e. The Kier molecular flexibility index (Phi) is 4.70. The van der Waals surface area contributed by atoms with Gasteiger partial charge in [0.05, 0.1) is 11.7 Å². The van der Waals surface area contributed by atoms with Crippen LogP contribution in [0.3, 0.4) is 0 Å². The molecule has 0 saturated heterocycles. The molecule has 2 aromatic heterocycles. The van der Waals surface area contributed by atoms with Crippen LogP contribution in [-0.4, -0.2) is 41.1 Å². The average molecular weight is 276 g/mol. The van der Waals surface area contributed by atoms with E-state index < -0.39 is 0 Å². The predicted octanol–water partition coefficient (Wildman–Crippen LogP) is 2.00. The van der Waals surface area contributed by atoms with Gasteiger partial charge in [0.2, 0.25) is 0 Å². The third kappa shape index (κ3) is 2.97. The second-order valence-corrected chi connectivity index (χ2v) is 4.49. The number of hydrogen-bond donors (Lipinski definition) is 1. The number of hydrogen-bond acceptors (Lipinski definition) is 5. The Morgan fingerprint density at radius 1 is 1.20 bits per heavy atom. The minimum absolute atomic E-state index is 0.0169. The summed E-state index contributed by atoms with van der Waals surface area (Å²) in [5.41, 5.74) is 0.903. The average Bonchev–Trinajstić information content (AvgIpc) is 2.87. The lowest BCUT2D eigenvalue weighted by molar-refractivity contribution is -0.109. The summed E-state index contributed by atoms with van der Waals surface area (Å²) in [6.07, 6.45) is 5.07. The molecule has 1 unspecified atom stereocenters. The Labute approximate surface area is 118 Å². The van der Waals surface area contributed by atoms with Gasteiger partial charge >= 0.3 is 0 Å². The molecule has 0 spiro atoms. The SMILES string of the molecule is COC(OC)C(C)Nc1cccnc1-n1ccnc1C. The van der Waals surface area contributed by atoms with Crippen molar-refractivity contribution in [3.8, 4) is 5.82 Å². The molecule has 0 radical (unpaired) electrons. The lowest BCUT2D eigenvalue weighted by Gasteiger charge is -2.24. The van der Waals surface area contributed by atoms with Gasteiger partial charge in [-0.05, 0) is 26.0 Å². The normalized spacial score (nSPS) is 12.7. The van der Waals surface area contributed by atoms with Gasteiger partial charge in [-0.2, -0.15) is 0 Å². The van der Waals surface area contributed by atoms with Crippen LogP contribution in [0.25, 0.3) is 5.82 Å². The topological polar surface area (TPSA) is 61.2 Å². The molecular weight excluding hydrogens is 256 g/mol. The molecule has 0 aliphatic carbocycles. The summed E-state index contributed by atoms with van der Waals surface area (Å²) in [6.45, 7) is 3.93. The van der Waals surface area contributed by atoms with Crippen LogP contribution in [0.2, 0.25) is 0 Å². The van der Waals surface area contributed by atoms with Crippen molar-refractivity contribution < 1.29 is 9.47 Å². The highest BCUT2D eigenvalue weighted by molar-refractivity contribution is 5.57. The summed E-state index contributed by atoms with van der Waals surface area (Å²) in [5.74, 6) is 1.69. The molecule has 108 valence electrons. The molecule has 0 amide bonds. The lowest BCUT2D eigenvalue weighted by Crippen LogP contribution is -2.34. The van der Waals surface area contributed by atoms with Crippen molar-refractivity contribution >= 4 is 5.69 Å². The second kappa shape index (κ2) is 6.49. The van der Waals surface area contributed by atoms with Crippen molar-refractivity contribution in [1.82, 2.24) is 14.5 Å². The fourth-order valence-electron chi connectivity index (χ4n) is 2.12. The van der Waals surface area contributed by atoms with Gasteiger partial charge in [-0.25, -0.2) is 9.97 Å². The zero-order valence-corrected chi connectivity index (χ0v) is 12.2. The van der Waals surface area contributed by atoms with Gasteiger partial charge in [0.1, 0.15) is 5.82 Å². The van der Waals surface area contributed by atoms with Crippen molar-refractivity contribution in [2.45, 2.75) is 26.2 Å². The van der Waals surface area contributed by atoms with Crippen molar-refractivity contribution in [2.24, 2.45) is 0 Å². The molecule has 0 bridgehead atoms. The van der Waals surface area contributed by atoms with Crippen LogP contribution in [-0.2, 0) is 9.47 Å². The van der Waals surface area contributed by atoms with E-state index in [0.29, 0.717) is 0 Å². The zero-order valence-electron chi connectivity index (χ0n) is 12.2. The first kappa shape index (κ1) is 14.5. The van der Waals surface area contributed by atoms with Crippen LogP contribution in [0.4, 0.5) is 5.69 Å². The van der Waals surface area contributed by atoms with Crippen LogP contribution in [0.15, 0.2) is 30.7 Å². The van der Waals surface area contributed by atoms with E-state index in [4.69, 9.17) is 9.47 Å². The maximum absolute atomic E-state index is 5.26. The Morgan fingerprint density at radius 3 is 2.55 bits per heavy atom. The van der Waals surface area contributed by atoms with Crippen LogP contribution in [0.1, 0.15) is 12.7 Å². The van der Waals surface area contributed by atoms with E-state index in [2.05, 4.69) is 15.3 Å². The standard InChI is InChI=1S/C14H20N4O2/c1-10(14(19-3)20-4)17-12-6-5-7-16-13(12)18-9-8-15-11(18)2/h5-10,14,17H,1-4H3. The molecule has 1 N–H and O–H groups in total. The lowest BCUT2D eigenvalue weighted by atomic mass is 10.3. The number of imidazole rings is 1. The van der Waals surface area contributed by atoms with Crippen molar-refractivity contribution in [1.29, 1.82) is 0 Å². The number of pyridine rings is 1. The minimum atomic E-state index is -0.327. The molecule has 1 atom stereocenters. The molecule has 0 aliphatic heterocycles. The summed E-state index contributed by atoms with van der Waals surface area (Å²) in [4.78, 5) is 8.65. The van der Waals surface area contributed by atoms with Gasteiger partial charge in [-0.3, -0.25) is 4.57 Å². The first-order chi connectivity index (χ1) is 9.67. The minimum Gasteiger partial charge on any atom is -0.374 e. The number of aromatic nitrogens is 3. The highest BCUT2D eigenvalue weighted by atomic mass is 16.7. The number of aryl methyl sites for hydroxylation is 1. The number of nitrogens with zero attached hydrogens (tertiary/aromatic N) is 3. The van der Waals surface area contributed by atoms with E-state index in [0.717, 1.165) is 17.3 Å². The third-order valence-electron chi connectivity index (χ3n) is 3.10. The second-order valence-electron chi connectivity index (χ2n) is 4.49. The monoisotopic (exact) mass is 276 g/mol. The fourth-order valence-corrected chi connectivity index (χ4v) is 2.12. The van der Waals surface area contributed by atoms with Gasteiger partial charge in [-0.1, -0.05) is 0 Å². The van der Waals surface area contributed by atoms with Gasteiger partial charge in [0, 0.05) is 32.8 Å². The number of ether oxygens (including phenoxy) is 2. The Morgan fingerprint density at radius 2 is 1.95 bits per heavy atom. The summed E-state index contributed by atoms with van der Waals surface area (Å²) in [6, 6.07) is 3.84. The summed E-state index contributed by atoms with van der Waals surface area (Å²) in [5, 5.41) is 3.37. The third-order valence-corrected chi connectivity index (χ3v) is 3.10. The quantitative estimate of drug-likeness (QED) is 0.818. The van der Waals surface area contributed by atoms with E-state index in [1.54, 1.807) is 26.6 Å². The van der Waals surface area contributed by atoms with Crippen LogP contribution in [0, 0.1) is 6.92 Å². The molecule has 0 aromatic carbocycles. The van der Waals surface area contributed by atoms with E-state index in [-0.39, 0.29) is 12.3 Å². The highest BCUT2D eigenvalue weighted by Gasteiger charge is 2.17. The van der Waals surface area contributed by atoms with E-state index >= 15 is 0 Å². The molecule has 20 heavy (non-hydrogen) atoms. The largest absolute Gasteiger partial charge is 0.374 e. The maximum Gasteiger partial charge on any atom is 0.176 e. The molecule has 0 fully saturated rings. The maximum atomic E-state index is 5.26. The molecule has 6 heteroatoms. The number of nitrogens with one attached hydrogen (secondary N) is 1. The van der Waals surface area contributed by atoms with Crippen LogP contribution >= 0.6 is 0 Å². The zero-order chi connectivity index (χ0) is 14.5. The molecule has 0 saturated carbocycles. The van der Waals surface area contributed by atoms with Crippen molar-refractivity contribution in [2.75, 3.05) is 19.5 Å². The van der Waals surface area contributed by atoms with Crippen LogP contribution in [0.5, 0.6) is 0 Å². The molecule has 6 nitrogen and oxygen atoms in total. The molecule has 2 heterocycles. The first-order valence-corrected chi connectivity index (χ1v) is 6.44. The molecule has 0 aliphatic rings. The van der Waals surface area contributed by atoms with E-state index in [9.17, 15) is 0 Å². The first-order valence-electron chi connectivity index (χ1n) is 6.44.